The van der Waals surface area contributed by atoms with Gasteiger partial charge in [-0.2, -0.15) is 13.2 Å². The molecule has 2 aliphatic rings. The standard InChI is InChI=1S/C21H21N3O3.C2HF3O2/c1-15(25)24-12-8-21(9-13-24)14-18(17-4-2-3-5-19(17)27-21)20(26)23-16-6-10-22-11-7-16;3-2(4,5)1(6)7/h2-7,10-11,14H,8-9,12-13H2,1H3,(H,22,23,26);(H,6,7). The van der Waals surface area contributed by atoms with E-state index in [1.54, 1.807) is 31.5 Å². The highest BCUT2D eigenvalue weighted by Crippen LogP contribution is 2.41. The second-order valence-electron chi connectivity index (χ2n) is 7.72. The molecule has 2 amide bonds. The molecule has 1 saturated heterocycles. The maximum Gasteiger partial charge on any atom is 0.490 e. The molecule has 11 heteroatoms. The lowest BCUT2D eigenvalue weighted by Gasteiger charge is -2.42. The van der Waals surface area contributed by atoms with Crippen LogP contribution in [0, 0.1) is 0 Å². The van der Waals surface area contributed by atoms with Gasteiger partial charge in [-0.3, -0.25) is 14.6 Å². The number of aliphatic carboxylic acids is 1. The van der Waals surface area contributed by atoms with Gasteiger partial charge in [-0.1, -0.05) is 18.2 Å². The zero-order valence-corrected chi connectivity index (χ0v) is 18.1. The van der Waals surface area contributed by atoms with Crippen molar-refractivity contribution in [2.45, 2.75) is 31.5 Å². The molecule has 34 heavy (non-hydrogen) atoms. The van der Waals surface area contributed by atoms with Gasteiger partial charge in [0.25, 0.3) is 5.91 Å². The first-order valence-electron chi connectivity index (χ1n) is 10.3. The number of carbonyl (C=O) groups excluding carboxylic acids is 2. The number of carboxylic acid groups (broad SMARTS) is 1. The van der Waals surface area contributed by atoms with E-state index >= 15 is 0 Å². The van der Waals surface area contributed by atoms with Gasteiger partial charge in [-0.25, -0.2) is 4.79 Å². The Morgan fingerprint density at radius 2 is 1.68 bits per heavy atom. The summed E-state index contributed by atoms with van der Waals surface area (Å²) in [5.41, 5.74) is 1.51. The van der Waals surface area contributed by atoms with Crippen molar-refractivity contribution in [2.24, 2.45) is 0 Å². The fraction of sp³-hybridized carbons (Fsp3) is 0.304. The molecule has 1 aromatic heterocycles. The Morgan fingerprint density at radius 1 is 1.09 bits per heavy atom. The van der Waals surface area contributed by atoms with Crippen LogP contribution in [0.2, 0.25) is 0 Å². The number of carboxylic acids is 1. The van der Waals surface area contributed by atoms with E-state index in [2.05, 4.69) is 10.3 Å². The molecule has 0 saturated carbocycles. The zero-order valence-electron chi connectivity index (χ0n) is 18.1. The van der Waals surface area contributed by atoms with Crippen molar-refractivity contribution in [1.29, 1.82) is 0 Å². The van der Waals surface area contributed by atoms with E-state index in [4.69, 9.17) is 14.6 Å². The van der Waals surface area contributed by atoms with E-state index in [1.807, 2.05) is 35.2 Å². The summed E-state index contributed by atoms with van der Waals surface area (Å²) in [4.78, 5) is 39.3. The highest BCUT2D eigenvalue weighted by Gasteiger charge is 2.40. The van der Waals surface area contributed by atoms with Crippen molar-refractivity contribution in [1.82, 2.24) is 9.88 Å². The maximum absolute atomic E-state index is 13.0. The third-order valence-electron chi connectivity index (χ3n) is 5.38. The van der Waals surface area contributed by atoms with E-state index in [-0.39, 0.29) is 11.8 Å². The number of ether oxygens (including phenoxy) is 1. The number of hydrogen-bond acceptors (Lipinski definition) is 5. The normalized spacial score (nSPS) is 16.2. The van der Waals surface area contributed by atoms with Crippen LogP contribution in [0.25, 0.3) is 5.57 Å². The van der Waals surface area contributed by atoms with Crippen molar-refractivity contribution in [2.75, 3.05) is 18.4 Å². The summed E-state index contributed by atoms with van der Waals surface area (Å²) >= 11 is 0. The number of piperidine rings is 1. The molecular formula is C23H22F3N3O5. The van der Waals surface area contributed by atoms with Gasteiger partial charge in [0.1, 0.15) is 11.4 Å². The number of para-hydroxylation sites is 1. The molecule has 1 aromatic carbocycles. The molecule has 1 fully saturated rings. The van der Waals surface area contributed by atoms with Gasteiger partial charge in [0.15, 0.2) is 0 Å². The molecular weight excluding hydrogens is 455 g/mol. The average Bonchev–Trinajstić information content (AvgIpc) is 2.79. The van der Waals surface area contributed by atoms with Crippen LogP contribution in [-0.4, -0.2) is 57.6 Å². The third-order valence-corrected chi connectivity index (χ3v) is 5.38. The van der Waals surface area contributed by atoms with E-state index in [1.165, 1.54) is 0 Å². The Morgan fingerprint density at radius 3 is 2.24 bits per heavy atom. The highest BCUT2D eigenvalue weighted by atomic mass is 19.4. The van der Waals surface area contributed by atoms with Crippen LogP contribution in [0.4, 0.5) is 18.9 Å². The summed E-state index contributed by atoms with van der Waals surface area (Å²) in [6.45, 7) is 2.82. The molecule has 2 aromatic rings. The second-order valence-corrected chi connectivity index (χ2v) is 7.72. The number of amides is 2. The number of nitrogens with one attached hydrogen (secondary N) is 1. The Labute approximate surface area is 193 Å². The molecule has 4 rings (SSSR count). The minimum atomic E-state index is -5.08. The summed E-state index contributed by atoms with van der Waals surface area (Å²) in [7, 11) is 0. The lowest BCUT2D eigenvalue weighted by molar-refractivity contribution is -0.192. The molecule has 8 nitrogen and oxygen atoms in total. The molecule has 0 radical (unpaired) electrons. The van der Waals surface area contributed by atoms with Gasteiger partial charge in [0.05, 0.1) is 5.57 Å². The van der Waals surface area contributed by atoms with Crippen LogP contribution in [0.1, 0.15) is 25.3 Å². The first-order valence-corrected chi connectivity index (χ1v) is 10.3. The minimum absolute atomic E-state index is 0.0701. The number of likely N-dealkylation sites (tertiary alicyclic amines) is 1. The van der Waals surface area contributed by atoms with E-state index < -0.39 is 17.7 Å². The molecule has 180 valence electrons. The number of benzene rings is 1. The zero-order chi connectivity index (χ0) is 24.9. The number of anilines is 1. The Bertz CT molecular complexity index is 1090. The summed E-state index contributed by atoms with van der Waals surface area (Å²) in [5, 5.41) is 10.1. The quantitative estimate of drug-likeness (QED) is 0.685. The number of hydrogen-bond donors (Lipinski definition) is 2. The van der Waals surface area contributed by atoms with Gasteiger partial charge in [-0.05, 0) is 24.3 Å². The average molecular weight is 477 g/mol. The summed E-state index contributed by atoms with van der Waals surface area (Å²) in [6.07, 6.45) is 1.45. The summed E-state index contributed by atoms with van der Waals surface area (Å²) < 4.78 is 38.1. The lowest BCUT2D eigenvalue weighted by atomic mass is 9.84. The number of nitrogens with zero attached hydrogens (tertiary/aromatic N) is 2. The lowest BCUT2D eigenvalue weighted by Crippen LogP contribution is -2.49. The van der Waals surface area contributed by atoms with Gasteiger partial charge in [0, 0.05) is 56.5 Å². The van der Waals surface area contributed by atoms with Crippen molar-refractivity contribution < 1.29 is 37.4 Å². The second kappa shape index (κ2) is 9.94. The van der Waals surface area contributed by atoms with Gasteiger partial charge in [0.2, 0.25) is 5.91 Å². The van der Waals surface area contributed by atoms with Crippen molar-refractivity contribution in [3.8, 4) is 5.75 Å². The first kappa shape index (κ1) is 24.7. The first-order chi connectivity index (χ1) is 16.0. The molecule has 3 heterocycles. The Balaban J connectivity index is 0.000000406. The fourth-order valence-corrected chi connectivity index (χ4v) is 3.64. The molecule has 0 aliphatic carbocycles. The van der Waals surface area contributed by atoms with E-state index in [9.17, 15) is 22.8 Å². The topological polar surface area (TPSA) is 109 Å². The minimum Gasteiger partial charge on any atom is -0.482 e. The molecule has 0 bridgehead atoms. The number of pyridine rings is 1. The van der Waals surface area contributed by atoms with Crippen LogP contribution in [-0.2, 0) is 14.4 Å². The summed E-state index contributed by atoms with van der Waals surface area (Å²) in [5.74, 6) is -2.16. The van der Waals surface area contributed by atoms with Gasteiger partial charge < -0.3 is 20.1 Å². The third kappa shape index (κ3) is 5.91. The predicted molar refractivity (Wildman–Crippen MR) is 116 cm³/mol. The molecule has 2 N–H and O–H groups in total. The number of aromatic nitrogens is 1. The smallest absolute Gasteiger partial charge is 0.482 e. The van der Waals surface area contributed by atoms with Crippen LogP contribution in [0.5, 0.6) is 5.75 Å². The molecule has 2 aliphatic heterocycles. The Hall–Kier alpha value is -3.89. The van der Waals surface area contributed by atoms with Gasteiger partial charge >= 0.3 is 12.1 Å². The SMILES string of the molecule is CC(=O)N1CCC2(C=C(C(=O)Nc3ccncc3)c3ccccc3O2)CC1.O=C(O)C(F)(F)F. The number of halogens is 3. The largest absolute Gasteiger partial charge is 0.490 e. The number of fused-ring (bicyclic) bond motifs is 1. The highest BCUT2D eigenvalue weighted by molar-refractivity contribution is 6.26. The van der Waals surface area contributed by atoms with E-state index in [0.29, 0.717) is 42.9 Å². The van der Waals surface area contributed by atoms with Crippen molar-refractivity contribution in [3.05, 3.63) is 60.4 Å². The summed E-state index contributed by atoms with van der Waals surface area (Å²) in [6, 6.07) is 11.1. The fourth-order valence-electron chi connectivity index (χ4n) is 3.64. The van der Waals surface area contributed by atoms with Crippen LogP contribution >= 0.6 is 0 Å². The van der Waals surface area contributed by atoms with E-state index in [0.717, 1.165) is 5.56 Å². The maximum atomic E-state index is 13.0. The van der Waals surface area contributed by atoms with Crippen molar-refractivity contribution in [3.63, 3.8) is 0 Å². The number of alkyl halides is 3. The van der Waals surface area contributed by atoms with Crippen LogP contribution in [0.3, 0.4) is 0 Å². The number of rotatable bonds is 2. The molecule has 1 spiro atoms. The molecule has 0 atom stereocenters. The van der Waals surface area contributed by atoms with Crippen molar-refractivity contribution >= 4 is 29.0 Å². The van der Waals surface area contributed by atoms with Gasteiger partial charge in [-0.15, -0.1) is 0 Å². The molecule has 0 unspecified atom stereocenters. The van der Waals surface area contributed by atoms with Crippen LogP contribution in [0.15, 0.2) is 54.9 Å². The predicted octanol–water partition coefficient (Wildman–Crippen LogP) is 3.51. The number of carbonyl (C=O) groups is 3. The Kier molecular flexibility index (Phi) is 7.23. The monoisotopic (exact) mass is 477 g/mol. The van der Waals surface area contributed by atoms with Crippen LogP contribution < -0.4 is 10.1 Å².